The van der Waals surface area contributed by atoms with Gasteiger partial charge in [0, 0.05) is 23.8 Å². The monoisotopic (exact) mass is 246 g/mol. The average Bonchev–Trinajstić information content (AvgIpc) is 2.35. The number of nitro benzene ring substituents is 1. The molecule has 18 heavy (non-hydrogen) atoms. The number of hydrogen-bond acceptors (Lipinski definition) is 5. The van der Waals surface area contributed by atoms with Crippen molar-refractivity contribution in [3.8, 4) is 5.75 Å². The topological polar surface area (TPSA) is 82.3 Å². The van der Waals surface area contributed by atoms with Gasteiger partial charge in [-0.15, -0.1) is 0 Å². The van der Waals surface area contributed by atoms with Crippen molar-refractivity contribution < 1.29 is 14.5 Å². The molecule has 0 bridgehead atoms. The fraction of sp³-hybridized carbons (Fsp3) is 0.167. The number of carbonyl (C=O) groups excluding carboxylic acids is 1. The molecule has 0 amide bonds. The van der Waals surface area contributed by atoms with Crippen LogP contribution < -0.4 is 4.74 Å². The third kappa shape index (κ3) is 2.27. The zero-order valence-corrected chi connectivity index (χ0v) is 9.62. The van der Waals surface area contributed by atoms with Crippen molar-refractivity contribution in [3.05, 3.63) is 40.7 Å². The number of rotatable bonds is 4. The zero-order valence-electron chi connectivity index (χ0n) is 9.62. The van der Waals surface area contributed by atoms with Gasteiger partial charge < -0.3 is 4.74 Å². The fourth-order valence-electron chi connectivity index (χ4n) is 1.61. The van der Waals surface area contributed by atoms with E-state index in [2.05, 4.69) is 4.98 Å². The Labute approximate surface area is 102 Å². The minimum absolute atomic E-state index is 0.0340. The summed E-state index contributed by atoms with van der Waals surface area (Å²) in [5.41, 5.74) is -0.0340. The van der Waals surface area contributed by atoms with Crippen molar-refractivity contribution in [2.45, 2.75) is 6.92 Å². The molecule has 0 aliphatic heterocycles. The molecule has 92 valence electrons. The molecule has 0 atom stereocenters. The second-order valence-corrected chi connectivity index (χ2v) is 3.75. The Hall–Kier alpha value is -2.50. The lowest BCUT2D eigenvalue weighted by Gasteiger charge is -2.07. The Bertz CT molecular complexity index is 625. The number of aromatic nitrogens is 1. The minimum Gasteiger partial charge on any atom is -0.485 e. The molecule has 0 aliphatic carbocycles. The molecule has 2 rings (SSSR count). The number of benzene rings is 1. The van der Waals surface area contributed by atoms with E-state index in [1.165, 1.54) is 31.5 Å². The SMILES string of the molecule is CC(=O)COc1ccc([N+](=O)[O-])c2cnccc12. The molecule has 0 unspecified atom stereocenters. The maximum absolute atomic E-state index is 10.9. The number of ketones is 1. The lowest BCUT2D eigenvalue weighted by Crippen LogP contribution is -2.07. The Morgan fingerprint density at radius 2 is 2.17 bits per heavy atom. The van der Waals surface area contributed by atoms with Gasteiger partial charge in [-0.05, 0) is 19.1 Å². The molecule has 0 aliphatic rings. The van der Waals surface area contributed by atoms with Crippen LogP contribution in [-0.2, 0) is 4.79 Å². The number of Topliss-reactive ketones (excluding diaryl/α,β-unsaturated/α-hetero) is 1. The second kappa shape index (κ2) is 4.79. The number of carbonyl (C=O) groups is 1. The maximum Gasteiger partial charge on any atom is 0.279 e. The molecule has 1 aromatic carbocycles. The van der Waals surface area contributed by atoms with Gasteiger partial charge in [-0.25, -0.2) is 0 Å². The van der Waals surface area contributed by atoms with Crippen molar-refractivity contribution >= 4 is 22.2 Å². The zero-order chi connectivity index (χ0) is 13.1. The van der Waals surface area contributed by atoms with Crippen molar-refractivity contribution in [3.63, 3.8) is 0 Å². The van der Waals surface area contributed by atoms with E-state index < -0.39 is 4.92 Å². The number of ether oxygens (including phenoxy) is 1. The first-order valence-electron chi connectivity index (χ1n) is 5.23. The van der Waals surface area contributed by atoms with Crippen molar-refractivity contribution in [2.24, 2.45) is 0 Å². The van der Waals surface area contributed by atoms with E-state index in [1.54, 1.807) is 6.07 Å². The van der Waals surface area contributed by atoms with Crippen LogP contribution >= 0.6 is 0 Å². The number of nitrogens with zero attached hydrogens (tertiary/aromatic N) is 2. The molecule has 0 N–H and O–H groups in total. The first kappa shape index (κ1) is 12.0. The van der Waals surface area contributed by atoms with E-state index in [9.17, 15) is 14.9 Å². The van der Waals surface area contributed by atoms with Crippen LogP contribution in [0, 0.1) is 10.1 Å². The number of non-ortho nitro benzene ring substituents is 1. The van der Waals surface area contributed by atoms with Gasteiger partial charge in [-0.2, -0.15) is 0 Å². The lowest BCUT2D eigenvalue weighted by molar-refractivity contribution is -0.383. The molecular weight excluding hydrogens is 236 g/mol. The molecule has 1 heterocycles. The summed E-state index contributed by atoms with van der Waals surface area (Å²) in [6, 6.07) is 4.46. The standard InChI is InChI=1S/C12H10N2O4/c1-8(15)7-18-12-3-2-11(14(16)17)10-6-13-5-4-9(10)12/h2-6H,7H2,1H3. The fourth-order valence-corrected chi connectivity index (χ4v) is 1.61. The summed E-state index contributed by atoms with van der Waals surface area (Å²) in [4.78, 5) is 25.1. The molecule has 0 spiro atoms. The Kier molecular flexibility index (Phi) is 3.18. The number of pyridine rings is 1. The highest BCUT2D eigenvalue weighted by Gasteiger charge is 2.15. The summed E-state index contributed by atoms with van der Waals surface area (Å²) in [5, 5.41) is 11.8. The van der Waals surface area contributed by atoms with Crippen LogP contribution in [0.15, 0.2) is 30.6 Å². The molecule has 6 nitrogen and oxygen atoms in total. The Morgan fingerprint density at radius 1 is 1.39 bits per heavy atom. The summed E-state index contributed by atoms with van der Waals surface area (Å²) in [6.07, 6.45) is 2.93. The molecular formula is C12H10N2O4. The maximum atomic E-state index is 10.9. The second-order valence-electron chi connectivity index (χ2n) is 3.75. The van der Waals surface area contributed by atoms with Gasteiger partial charge in [-0.1, -0.05) is 0 Å². The van der Waals surface area contributed by atoms with Gasteiger partial charge in [0.25, 0.3) is 5.69 Å². The highest BCUT2D eigenvalue weighted by molar-refractivity contribution is 5.94. The van der Waals surface area contributed by atoms with Crippen LogP contribution in [-0.4, -0.2) is 22.3 Å². The van der Waals surface area contributed by atoms with Crippen LogP contribution in [0.4, 0.5) is 5.69 Å². The first-order valence-corrected chi connectivity index (χ1v) is 5.23. The van der Waals surface area contributed by atoms with Gasteiger partial charge in [-0.3, -0.25) is 19.9 Å². The van der Waals surface area contributed by atoms with E-state index in [0.717, 1.165) is 0 Å². The molecule has 0 radical (unpaired) electrons. The predicted molar refractivity (Wildman–Crippen MR) is 64.6 cm³/mol. The van der Waals surface area contributed by atoms with E-state index in [1.807, 2.05) is 0 Å². The van der Waals surface area contributed by atoms with Gasteiger partial charge in [0.05, 0.1) is 10.3 Å². The summed E-state index contributed by atoms with van der Waals surface area (Å²) in [7, 11) is 0. The van der Waals surface area contributed by atoms with E-state index in [-0.39, 0.29) is 18.1 Å². The van der Waals surface area contributed by atoms with Crippen molar-refractivity contribution in [2.75, 3.05) is 6.61 Å². The number of fused-ring (bicyclic) bond motifs is 1. The quantitative estimate of drug-likeness (QED) is 0.609. The highest BCUT2D eigenvalue weighted by Crippen LogP contribution is 2.32. The predicted octanol–water partition coefficient (Wildman–Crippen LogP) is 2.11. The van der Waals surface area contributed by atoms with Gasteiger partial charge in [0.15, 0.2) is 5.78 Å². The van der Waals surface area contributed by atoms with Crippen LogP contribution in [0.1, 0.15) is 6.92 Å². The number of hydrogen-bond donors (Lipinski definition) is 0. The largest absolute Gasteiger partial charge is 0.485 e. The average molecular weight is 246 g/mol. The van der Waals surface area contributed by atoms with Crippen molar-refractivity contribution in [1.29, 1.82) is 0 Å². The van der Waals surface area contributed by atoms with E-state index >= 15 is 0 Å². The van der Waals surface area contributed by atoms with Crippen LogP contribution in [0.2, 0.25) is 0 Å². The first-order chi connectivity index (χ1) is 8.59. The molecule has 0 saturated carbocycles. The normalized spacial score (nSPS) is 10.3. The van der Waals surface area contributed by atoms with Crippen molar-refractivity contribution in [1.82, 2.24) is 4.98 Å². The summed E-state index contributed by atoms with van der Waals surface area (Å²) in [5.74, 6) is 0.323. The third-order valence-electron chi connectivity index (χ3n) is 2.38. The number of nitro groups is 1. The molecule has 1 aromatic heterocycles. The summed E-state index contributed by atoms with van der Waals surface area (Å²) < 4.78 is 5.32. The van der Waals surface area contributed by atoms with Gasteiger partial charge in [0.1, 0.15) is 12.4 Å². The van der Waals surface area contributed by atoms with Gasteiger partial charge >= 0.3 is 0 Å². The molecule has 2 aromatic rings. The lowest BCUT2D eigenvalue weighted by atomic mass is 10.1. The van der Waals surface area contributed by atoms with E-state index in [4.69, 9.17) is 4.74 Å². The molecule has 0 saturated heterocycles. The van der Waals surface area contributed by atoms with Crippen LogP contribution in [0.5, 0.6) is 5.75 Å². The smallest absolute Gasteiger partial charge is 0.279 e. The van der Waals surface area contributed by atoms with Crippen LogP contribution in [0.25, 0.3) is 10.8 Å². The Balaban J connectivity index is 2.53. The Morgan fingerprint density at radius 3 is 2.83 bits per heavy atom. The van der Waals surface area contributed by atoms with E-state index in [0.29, 0.717) is 16.5 Å². The highest BCUT2D eigenvalue weighted by atomic mass is 16.6. The third-order valence-corrected chi connectivity index (χ3v) is 2.38. The molecule has 6 heteroatoms. The minimum atomic E-state index is -0.473. The van der Waals surface area contributed by atoms with Crippen LogP contribution in [0.3, 0.4) is 0 Å². The molecule has 0 fully saturated rings. The van der Waals surface area contributed by atoms with Gasteiger partial charge in [0.2, 0.25) is 0 Å². The summed E-state index contributed by atoms with van der Waals surface area (Å²) in [6.45, 7) is 1.35. The summed E-state index contributed by atoms with van der Waals surface area (Å²) >= 11 is 0.